The molecular formula is C17H16N2O4S. The van der Waals surface area contributed by atoms with Crippen LogP contribution < -0.4 is 10.1 Å². The van der Waals surface area contributed by atoms with E-state index in [2.05, 4.69) is 5.32 Å². The highest BCUT2D eigenvalue weighted by atomic mass is 32.2. The van der Waals surface area contributed by atoms with Crippen LogP contribution in [0.1, 0.15) is 18.0 Å². The fourth-order valence-electron chi connectivity index (χ4n) is 2.60. The molecule has 3 rings (SSSR count). The summed E-state index contributed by atoms with van der Waals surface area (Å²) in [5.41, 5.74) is 0.956. The second-order valence-corrected chi connectivity index (χ2v) is 6.45. The van der Waals surface area contributed by atoms with Gasteiger partial charge in [0.15, 0.2) is 12.4 Å². The molecule has 0 aliphatic carbocycles. The Bertz CT molecular complexity index is 766. The quantitative estimate of drug-likeness (QED) is 0.664. The molecule has 1 amide bonds. The minimum atomic E-state index is -0.526. The number of nitrogens with one attached hydrogen (secondary N) is 1. The van der Waals surface area contributed by atoms with Crippen molar-refractivity contribution in [1.29, 1.82) is 0 Å². The van der Waals surface area contributed by atoms with Crippen LogP contribution in [0.3, 0.4) is 0 Å². The molecule has 1 heterocycles. The molecule has 0 bridgehead atoms. The van der Waals surface area contributed by atoms with E-state index in [4.69, 9.17) is 4.74 Å². The van der Waals surface area contributed by atoms with Gasteiger partial charge in [-0.2, -0.15) is 0 Å². The van der Waals surface area contributed by atoms with Gasteiger partial charge in [-0.3, -0.25) is 14.9 Å². The lowest BCUT2D eigenvalue weighted by Gasteiger charge is -2.25. The minimum absolute atomic E-state index is 0.0516. The van der Waals surface area contributed by atoms with E-state index in [-0.39, 0.29) is 30.0 Å². The number of nitro groups is 1. The fourth-order valence-corrected chi connectivity index (χ4v) is 3.73. The van der Waals surface area contributed by atoms with Crippen LogP contribution in [-0.4, -0.2) is 23.2 Å². The van der Waals surface area contributed by atoms with Crippen molar-refractivity contribution in [3.05, 3.63) is 64.2 Å². The average molecular weight is 344 g/mol. The lowest BCUT2D eigenvalue weighted by molar-refractivity contribution is -0.385. The maximum Gasteiger partial charge on any atom is 0.310 e. The zero-order valence-corrected chi connectivity index (χ0v) is 13.6. The highest BCUT2D eigenvalue weighted by molar-refractivity contribution is 7.99. The van der Waals surface area contributed by atoms with Crippen molar-refractivity contribution in [3.63, 3.8) is 0 Å². The summed E-state index contributed by atoms with van der Waals surface area (Å²) < 4.78 is 5.33. The Balaban J connectivity index is 1.62. The van der Waals surface area contributed by atoms with Crippen molar-refractivity contribution < 1.29 is 14.5 Å². The second kappa shape index (κ2) is 7.35. The van der Waals surface area contributed by atoms with E-state index >= 15 is 0 Å². The van der Waals surface area contributed by atoms with Gasteiger partial charge in [0.1, 0.15) is 0 Å². The molecule has 0 spiro atoms. The third-order valence-electron chi connectivity index (χ3n) is 3.71. The van der Waals surface area contributed by atoms with Crippen molar-refractivity contribution in [2.75, 3.05) is 12.4 Å². The predicted octanol–water partition coefficient (Wildman–Crippen LogP) is 3.33. The topological polar surface area (TPSA) is 81.5 Å². The molecule has 0 saturated carbocycles. The summed E-state index contributed by atoms with van der Waals surface area (Å²) in [6, 6.07) is 14.0. The molecule has 7 heteroatoms. The lowest BCUT2D eigenvalue weighted by atomic mass is 10.0. The fraction of sp³-hybridized carbons (Fsp3) is 0.235. The summed E-state index contributed by atoms with van der Waals surface area (Å²) in [6.07, 6.45) is 0.846. The van der Waals surface area contributed by atoms with Crippen LogP contribution in [0.4, 0.5) is 5.69 Å². The maximum absolute atomic E-state index is 12.2. The van der Waals surface area contributed by atoms with Gasteiger partial charge in [-0.15, -0.1) is 11.8 Å². The Morgan fingerprint density at radius 3 is 2.83 bits per heavy atom. The third-order valence-corrected chi connectivity index (χ3v) is 4.84. The van der Waals surface area contributed by atoms with E-state index in [1.807, 2.05) is 24.3 Å². The zero-order valence-electron chi connectivity index (χ0n) is 12.8. The number of carbonyl (C=O) groups excluding carboxylic acids is 1. The van der Waals surface area contributed by atoms with Gasteiger partial charge in [0.25, 0.3) is 5.91 Å². The first kappa shape index (κ1) is 16.3. The largest absolute Gasteiger partial charge is 0.477 e. The predicted molar refractivity (Wildman–Crippen MR) is 91.3 cm³/mol. The highest BCUT2D eigenvalue weighted by Crippen LogP contribution is 2.35. The number of hydrogen-bond donors (Lipinski definition) is 1. The first-order valence-electron chi connectivity index (χ1n) is 7.52. The monoisotopic (exact) mass is 344 g/mol. The van der Waals surface area contributed by atoms with Crippen molar-refractivity contribution in [2.45, 2.75) is 17.4 Å². The molecule has 0 aromatic heterocycles. The Hall–Kier alpha value is -2.54. The summed E-state index contributed by atoms with van der Waals surface area (Å²) in [6.45, 7) is -0.253. The van der Waals surface area contributed by atoms with Crippen LogP contribution in [0.5, 0.6) is 5.75 Å². The van der Waals surface area contributed by atoms with Crippen LogP contribution in [-0.2, 0) is 4.79 Å². The summed E-state index contributed by atoms with van der Waals surface area (Å²) in [5.74, 6) is 0.740. The van der Waals surface area contributed by atoms with Crippen molar-refractivity contribution in [2.24, 2.45) is 0 Å². The minimum Gasteiger partial charge on any atom is -0.477 e. The molecule has 0 fully saturated rings. The summed E-state index contributed by atoms with van der Waals surface area (Å²) in [4.78, 5) is 23.8. The van der Waals surface area contributed by atoms with E-state index < -0.39 is 4.92 Å². The summed E-state index contributed by atoms with van der Waals surface area (Å²) >= 11 is 1.78. The molecule has 1 N–H and O–H groups in total. The first-order valence-corrected chi connectivity index (χ1v) is 8.51. The van der Waals surface area contributed by atoms with Crippen LogP contribution in [0.25, 0.3) is 0 Å². The number of nitrogens with zero attached hydrogens (tertiary/aromatic N) is 1. The van der Waals surface area contributed by atoms with Gasteiger partial charge in [-0.25, -0.2) is 0 Å². The van der Waals surface area contributed by atoms with Gasteiger partial charge in [-0.05, 0) is 24.1 Å². The molecule has 6 nitrogen and oxygen atoms in total. The average Bonchev–Trinajstić information content (AvgIpc) is 2.60. The molecule has 1 aliphatic rings. The molecule has 0 radical (unpaired) electrons. The van der Waals surface area contributed by atoms with Crippen LogP contribution >= 0.6 is 11.8 Å². The van der Waals surface area contributed by atoms with Gasteiger partial charge >= 0.3 is 5.69 Å². The number of rotatable bonds is 5. The van der Waals surface area contributed by atoms with Gasteiger partial charge in [-0.1, -0.05) is 30.3 Å². The number of fused-ring (bicyclic) bond motifs is 1. The van der Waals surface area contributed by atoms with Crippen LogP contribution in [0.2, 0.25) is 0 Å². The number of thioether (sulfide) groups is 1. The maximum atomic E-state index is 12.2. The molecule has 0 saturated heterocycles. The standard InChI is InChI=1S/C17H16N2O4S/c20-17(11-23-15-7-3-2-6-14(15)19(21)22)18-13-9-10-24-16-8-4-1-5-12(13)16/h1-8,13H,9-11H2,(H,18,20)/t13-/m1/s1. The second-order valence-electron chi connectivity index (χ2n) is 5.31. The van der Waals surface area contributed by atoms with Crippen LogP contribution in [0, 0.1) is 10.1 Å². The smallest absolute Gasteiger partial charge is 0.310 e. The molecule has 0 unspecified atom stereocenters. The number of para-hydroxylation sites is 2. The highest BCUT2D eigenvalue weighted by Gasteiger charge is 2.22. The molecule has 24 heavy (non-hydrogen) atoms. The van der Waals surface area contributed by atoms with Crippen molar-refractivity contribution in [3.8, 4) is 5.75 Å². The number of nitro benzene ring substituents is 1. The van der Waals surface area contributed by atoms with Crippen molar-refractivity contribution >= 4 is 23.4 Å². The Labute approximate surface area is 143 Å². The number of benzene rings is 2. The molecule has 2 aromatic carbocycles. The summed E-state index contributed by atoms with van der Waals surface area (Å²) in [7, 11) is 0. The lowest BCUT2D eigenvalue weighted by Crippen LogP contribution is -2.34. The van der Waals surface area contributed by atoms with Gasteiger partial charge < -0.3 is 10.1 Å². The Morgan fingerprint density at radius 1 is 1.25 bits per heavy atom. The van der Waals surface area contributed by atoms with Crippen LogP contribution in [0.15, 0.2) is 53.4 Å². The molecule has 1 atom stereocenters. The van der Waals surface area contributed by atoms with Gasteiger partial charge in [0.05, 0.1) is 11.0 Å². The number of amides is 1. The molecule has 2 aromatic rings. The zero-order chi connectivity index (χ0) is 16.9. The number of carbonyl (C=O) groups is 1. The van der Waals surface area contributed by atoms with E-state index in [9.17, 15) is 14.9 Å². The third kappa shape index (κ3) is 3.68. The molecule has 1 aliphatic heterocycles. The number of hydrogen-bond acceptors (Lipinski definition) is 5. The first-order chi connectivity index (χ1) is 11.6. The van der Waals surface area contributed by atoms with E-state index in [0.717, 1.165) is 17.7 Å². The molecular weight excluding hydrogens is 328 g/mol. The van der Waals surface area contributed by atoms with Gasteiger partial charge in [0.2, 0.25) is 0 Å². The SMILES string of the molecule is O=C(COc1ccccc1[N+](=O)[O-])N[C@@H]1CCSc2ccccc21. The number of ether oxygens (including phenoxy) is 1. The van der Waals surface area contributed by atoms with Gasteiger partial charge in [0, 0.05) is 16.7 Å². The van der Waals surface area contributed by atoms with Crippen molar-refractivity contribution in [1.82, 2.24) is 5.32 Å². The Morgan fingerprint density at radius 2 is 2.00 bits per heavy atom. The van der Waals surface area contributed by atoms with E-state index in [1.165, 1.54) is 17.0 Å². The summed E-state index contributed by atoms with van der Waals surface area (Å²) in [5, 5.41) is 13.9. The molecule has 124 valence electrons. The Kier molecular flexibility index (Phi) is 5.00. The normalized spacial score (nSPS) is 16.1. The van der Waals surface area contributed by atoms with E-state index in [1.54, 1.807) is 23.9 Å². The van der Waals surface area contributed by atoms with E-state index in [0.29, 0.717) is 0 Å².